The lowest BCUT2D eigenvalue weighted by Gasteiger charge is -2.05. The molecule has 0 bridgehead atoms. The number of benzene rings is 1. The fourth-order valence-corrected chi connectivity index (χ4v) is 2.50. The molecule has 17 heavy (non-hydrogen) atoms. The fraction of sp³-hybridized carbons (Fsp3) is 0.417. The molecule has 4 nitrogen and oxygen atoms in total. The molecule has 0 aliphatic carbocycles. The molecular weight excluding hydrogens is 240 g/mol. The normalized spacial score (nSPS) is 11.1. The molecular formula is C12H16O4S. The van der Waals surface area contributed by atoms with Crippen molar-refractivity contribution in [1.82, 2.24) is 0 Å². The Morgan fingerprint density at radius 3 is 2.41 bits per heavy atom. The van der Waals surface area contributed by atoms with Crippen molar-refractivity contribution >= 4 is 15.8 Å². The second kappa shape index (κ2) is 6.39. The third kappa shape index (κ3) is 4.99. The van der Waals surface area contributed by atoms with Crippen molar-refractivity contribution in [1.29, 1.82) is 0 Å². The van der Waals surface area contributed by atoms with Gasteiger partial charge in [-0.3, -0.25) is 0 Å². The number of esters is 1. The van der Waals surface area contributed by atoms with Crippen molar-refractivity contribution in [3.63, 3.8) is 0 Å². The molecule has 0 N–H and O–H groups in total. The Morgan fingerprint density at radius 2 is 1.82 bits per heavy atom. The molecule has 0 amide bonds. The van der Waals surface area contributed by atoms with E-state index in [0.717, 1.165) is 0 Å². The van der Waals surface area contributed by atoms with Gasteiger partial charge in [-0.05, 0) is 18.6 Å². The monoisotopic (exact) mass is 256 g/mol. The highest BCUT2D eigenvalue weighted by Crippen LogP contribution is 2.01. The first-order chi connectivity index (χ1) is 8.05. The molecule has 0 heterocycles. The van der Waals surface area contributed by atoms with Crippen molar-refractivity contribution in [3.8, 4) is 0 Å². The quantitative estimate of drug-likeness (QED) is 0.726. The minimum atomic E-state index is -3.09. The molecule has 1 aromatic rings. The molecule has 0 radical (unpaired) electrons. The van der Waals surface area contributed by atoms with Crippen LogP contribution in [0.1, 0.15) is 23.7 Å². The van der Waals surface area contributed by atoms with Gasteiger partial charge in [-0.15, -0.1) is 0 Å². The van der Waals surface area contributed by atoms with Crippen LogP contribution in [0.15, 0.2) is 30.3 Å². The highest BCUT2D eigenvalue weighted by atomic mass is 32.2. The summed E-state index contributed by atoms with van der Waals surface area (Å²) in [7, 11) is -3.09. The first-order valence-electron chi connectivity index (χ1n) is 5.48. The molecule has 1 rings (SSSR count). The second-order valence-corrected chi connectivity index (χ2v) is 5.96. The highest BCUT2D eigenvalue weighted by Gasteiger charge is 2.11. The van der Waals surface area contributed by atoms with Gasteiger partial charge in [0.05, 0.1) is 17.1 Å². The summed E-state index contributed by atoms with van der Waals surface area (Å²) in [4.78, 5) is 11.5. The number of hydrogen-bond donors (Lipinski definition) is 0. The van der Waals surface area contributed by atoms with Gasteiger partial charge < -0.3 is 4.74 Å². The maximum absolute atomic E-state index is 11.5. The minimum absolute atomic E-state index is 0.0872. The Labute approximate surface area is 102 Å². The number of rotatable bonds is 6. The zero-order valence-corrected chi connectivity index (χ0v) is 10.6. The Hall–Kier alpha value is -1.36. The van der Waals surface area contributed by atoms with Crippen molar-refractivity contribution in [2.24, 2.45) is 0 Å². The summed E-state index contributed by atoms with van der Waals surface area (Å²) in [6, 6.07) is 8.50. The van der Waals surface area contributed by atoms with Gasteiger partial charge in [0.15, 0.2) is 9.84 Å². The van der Waals surface area contributed by atoms with Crippen LogP contribution < -0.4 is 0 Å². The molecule has 94 valence electrons. The van der Waals surface area contributed by atoms with E-state index >= 15 is 0 Å². The highest BCUT2D eigenvalue weighted by molar-refractivity contribution is 7.91. The first-order valence-corrected chi connectivity index (χ1v) is 7.30. The first kappa shape index (κ1) is 13.7. The van der Waals surface area contributed by atoms with Crippen LogP contribution in [0, 0.1) is 0 Å². The van der Waals surface area contributed by atoms with Crippen LogP contribution in [-0.2, 0) is 14.6 Å². The predicted octanol–water partition coefficient (Wildman–Crippen LogP) is 1.67. The van der Waals surface area contributed by atoms with Crippen LogP contribution in [0.5, 0.6) is 0 Å². The van der Waals surface area contributed by atoms with Gasteiger partial charge in [0.25, 0.3) is 0 Å². The van der Waals surface area contributed by atoms with Gasteiger partial charge in [0.1, 0.15) is 6.61 Å². The third-order valence-electron chi connectivity index (χ3n) is 2.15. The van der Waals surface area contributed by atoms with E-state index in [9.17, 15) is 13.2 Å². The molecule has 0 atom stereocenters. The summed E-state index contributed by atoms with van der Waals surface area (Å²) >= 11 is 0. The molecule has 0 aromatic heterocycles. The van der Waals surface area contributed by atoms with Gasteiger partial charge >= 0.3 is 5.97 Å². The molecule has 0 aliphatic rings. The van der Waals surface area contributed by atoms with Crippen LogP contribution in [0.4, 0.5) is 0 Å². The van der Waals surface area contributed by atoms with Gasteiger partial charge in [-0.2, -0.15) is 0 Å². The summed E-state index contributed by atoms with van der Waals surface area (Å²) in [5, 5.41) is 0. The summed E-state index contributed by atoms with van der Waals surface area (Å²) in [6.07, 6.45) is 0.578. The van der Waals surface area contributed by atoms with E-state index in [4.69, 9.17) is 4.74 Å². The zero-order chi connectivity index (χ0) is 12.7. The van der Waals surface area contributed by atoms with E-state index in [2.05, 4.69) is 0 Å². The van der Waals surface area contributed by atoms with Crippen LogP contribution in [0.2, 0.25) is 0 Å². The number of sulfone groups is 1. The molecule has 5 heteroatoms. The van der Waals surface area contributed by atoms with E-state index in [-0.39, 0.29) is 18.1 Å². The number of ether oxygens (including phenoxy) is 1. The molecule has 0 spiro atoms. The molecule has 0 fully saturated rings. The minimum Gasteiger partial charge on any atom is -0.461 e. The van der Waals surface area contributed by atoms with Crippen molar-refractivity contribution in [2.75, 3.05) is 18.1 Å². The lowest BCUT2D eigenvalue weighted by molar-refractivity contribution is 0.0529. The summed E-state index contributed by atoms with van der Waals surface area (Å²) in [6.45, 7) is 1.71. The predicted molar refractivity (Wildman–Crippen MR) is 65.7 cm³/mol. The van der Waals surface area contributed by atoms with Crippen molar-refractivity contribution < 1.29 is 17.9 Å². The lowest BCUT2D eigenvalue weighted by atomic mass is 10.2. The Morgan fingerprint density at radius 1 is 1.18 bits per heavy atom. The second-order valence-electron chi connectivity index (χ2n) is 3.65. The van der Waals surface area contributed by atoms with Crippen LogP contribution in [-0.4, -0.2) is 32.5 Å². The van der Waals surface area contributed by atoms with E-state index in [1.54, 1.807) is 37.3 Å². The number of hydrogen-bond acceptors (Lipinski definition) is 4. The summed E-state index contributed by atoms with van der Waals surface area (Å²) in [5.74, 6) is -0.465. The topological polar surface area (TPSA) is 60.4 Å². The van der Waals surface area contributed by atoms with Gasteiger partial charge in [0, 0.05) is 0 Å². The largest absolute Gasteiger partial charge is 0.461 e. The fourth-order valence-electron chi connectivity index (χ4n) is 1.33. The Bertz CT molecular complexity index is 451. The van der Waals surface area contributed by atoms with Crippen LogP contribution in [0.3, 0.4) is 0 Å². The molecule has 0 unspecified atom stereocenters. The number of carbonyl (C=O) groups is 1. The maximum atomic E-state index is 11.5. The molecule has 0 saturated carbocycles. The Balaban J connectivity index is 2.40. The maximum Gasteiger partial charge on any atom is 0.338 e. The van der Waals surface area contributed by atoms with E-state index in [1.807, 2.05) is 0 Å². The van der Waals surface area contributed by atoms with Crippen molar-refractivity contribution in [2.45, 2.75) is 13.3 Å². The van der Waals surface area contributed by atoms with Gasteiger partial charge in [-0.25, -0.2) is 13.2 Å². The van der Waals surface area contributed by atoms with Crippen LogP contribution in [0.25, 0.3) is 0 Å². The third-order valence-corrected chi connectivity index (χ3v) is 3.97. The summed E-state index contributed by atoms with van der Waals surface area (Å²) < 4.78 is 27.6. The average Bonchev–Trinajstić information content (AvgIpc) is 2.29. The van der Waals surface area contributed by atoms with E-state index in [1.165, 1.54) is 0 Å². The Kier molecular flexibility index (Phi) is 5.15. The van der Waals surface area contributed by atoms with E-state index in [0.29, 0.717) is 12.0 Å². The average molecular weight is 256 g/mol. The van der Waals surface area contributed by atoms with Crippen molar-refractivity contribution in [3.05, 3.63) is 35.9 Å². The lowest BCUT2D eigenvalue weighted by Crippen LogP contribution is -2.17. The molecule has 0 saturated heterocycles. The van der Waals surface area contributed by atoms with Gasteiger partial charge in [-0.1, -0.05) is 25.1 Å². The zero-order valence-electron chi connectivity index (χ0n) is 9.76. The smallest absolute Gasteiger partial charge is 0.338 e. The van der Waals surface area contributed by atoms with Crippen LogP contribution >= 0.6 is 0 Å². The molecule has 1 aromatic carbocycles. The number of carbonyl (C=O) groups excluding carboxylic acids is 1. The standard InChI is InChI=1S/C12H16O4S/c1-2-9-17(14,15)10-8-16-12(13)11-6-4-3-5-7-11/h3-7H,2,8-10H2,1H3. The van der Waals surface area contributed by atoms with E-state index < -0.39 is 15.8 Å². The SMILES string of the molecule is CCCS(=O)(=O)CCOC(=O)c1ccccc1. The molecule has 0 aliphatic heterocycles. The summed E-state index contributed by atoms with van der Waals surface area (Å²) in [5.41, 5.74) is 0.431. The van der Waals surface area contributed by atoms with Gasteiger partial charge in [0.2, 0.25) is 0 Å².